The van der Waals surface area contributed by atoms with E-state index >= 15 is 0 Å². The molecular formula is C47H31N. The van der Waals surface area contributed by atoms with Crippen molar-refractivity contribution in [3.05, 3.63) is 210 Å². The van der Waals surface area contributed by atoms with Gasteiger partial charge in [-0.05, 0) is 91.2 Å². The summed E-state index contributed by atoms with van der Waals surface area (Å²) in [6, 6.07) is 69.2. The van der Waals surface area contributed by atoms with Gasteiger partial charge in [0.2, 0.25) is 0 Å². The fourth-order valence-corrected chi connectivity index (χ4v) is 8.58. The van der Waals surface area contributed by atoms with Crippen molar-refractivity contribution >= 4 is 27.8 Å². The monoisotopic (exact) mass is 609 g/mol. The Morgan fingerprint density at radius 2 is 0.917 bits per heavy atom. The van der Waals surface area contributed by atoms with E-state index in [1.54, 1.807) is 0 Å². The normalized spacial score (nSPS) is 13.2. The van der Waals surface area contributed by atoms with Crippen LogP contribution in [-0.2, 0) is 5.41 Å². The highest BCUT2D eigenvalue weighted by molar-refractivity contribution is 6.04. The third-order valence-electron chi connectivity index (χ3n) is 10.5. The van der Waals surface area contributed by atoms with Crippen LogP contribution < -0.4 is 4.90 Å². The summed E-state index contributed by atoms with van der Waals surface area (Å²) in [6.45, 7) is 0. The van der Waals surface area contributed by atoms with Gasteiger partial charge in [0.1, 0.15) is 0 Å². The minimum atomic E-state index is -0.448. The van der Waals surface area contributed by atoms with Gasteiger partial charge in [0.15, 0.2) is 0 Å². The van der Waals surface area contributed by atoms with Crippen LogP contribution in [0.1, 0.15) is 22.3 Å². The molecule has 0 fully saturated rings. The fraction of sp³-hybridized carbons (Fsp3) is 0.0213. The summed E-state index contributed by atoms with van der Waals surface area (Å²) in [4.78, 5) is 2.43. The highest BCUT2D eigenvalue weighted by Crippen LogP contribution is 2.64. The first kappa shape index (κ1) is 27.0. The summed E-state index contributed by atoms with van der Waals surface area (Å²) in [5.41, 5.74) is 16.1. The largest absolute Gasteiger partial charge is 0.310 e. The molecular weight excluding hydrogens is 579 g/mol. The maximum absolute atomic E-state index is 2.48. The van der Waals surface area contributed by atoms with Gasteiger partial charge in [-0.1, -0.05) is 158 Å². The molecule has 0 saturated heterocycles. The van der Waals surface area contributed by atoms with Crippen molar-refractivity contribution in [3.8, 4) is 33.4 Å². The first-order valence-corrected chi connectivity index (χ1v) is 16.7. The van der Waals surface area contributed by atoms with E-state index in [0.29, 0.717) is 0 Å². The van der Waals surface area contributed by atoms with Crippen LogP contribution in [-0.4, -0.2) is 0 Å². The predicted octanol–water partition coefficient (Wildman–Crippen LogP) is 12.3. The molecule has 0 aromatic heterocycles. The van der Waals surface area contributed by atoms with Crippen molar-refractivity contribution in [1.82, 2.24) is 0 Å². The molecule has 0 heterocycles. The van der Waals surface area contributed by atoms with Crippen molar-refractivity contribution in [3.63, 3.8) is 0 Å². The van der Waals surface area contributed by atoms with Crippen molar-refractivity contribution in [2.75, 3.05) is 4.90 Å². The molecule has 8 aromatic carbocycles. The second-order valence-corrected chi connectivity index (χ2v) is 12.8. The van der Waals surface area contributed by atoms with E-state index in [2.05, 4.69) is 193 Å². The zero-order chi connectivity index (χ0) is 31.7. The minimum Gasteiger partial charge on any atom is -0.310 e. The number of para-hydroxylation sites is 2. The van der Waals surface area contributed by atoms with Gasteiger partial charge < -0.3 is 4.90 Å². The van der Waals surface area contributed by atoms with Crippen LogP contribution in [0, 0.1) is 0 Å². The van der Waals surface area contributed by atoms with E-state index in [1.807, 2.05) is 0 Å². The lowest BCUT2D eigenvalue weighted by atomic mass is 9.69. The fourth-order valence-electron chi connectivity index (χ4n) is 8.58. The number of fused-ring (bicyclic) bond motifs is 12. The molecule has 1 nitrogen and oxygen atoms in total. The third-order valence-corrected chi connectivity index (χ3v) is 10.5. The molecule has 0 unspecified atom stereocenters. The molecule has 0 radical (unpaired) electrons. The first-order valence-electron chi connectivity index (χ1n) is 16.7. The van der Waals surface area contributed by atoms with Crippen LogP contribution in [0.4, 0.5) is 17.1 Å². The zero-order valence-corrected chi connectivity index (χ0v) is 26.3. The summed E-state index contributed by atoms with van der Waals surface area (Å²) in [7, 11) is 0. The number of rotatable bonds is 4. The molecule has 1 heteroatoms. The second-order valence-electron chi connectivity index (χ2n) is 12.8. The standard InChI is InChI=1S/C47H31N/c1-3-15-32(16-4-1)36-20-11-14-26-45(36)48(34-18-5-2-6-19-34)35-28-30-40-41-29-27-33-17-7-8-21-37(33)46(41)47(44(40)31-35)42-24-12-9-22-38(42)39-23-10-13-25-43(39)47/h1-31H. The summed E-state index contributed by atoms with van der Waals surface area (Å²) < 4.78 is 0. The van der Waals surface area contributed by atoms with E-state index in [0.717, 1.165) is 17.1 Å². The van der Waals surface area contributed by atoms with Crippen LogP contribution in [0.3, 0.4) is 0 Å². The van der Waals surface area contributed by atoms with Gasteiger partial charge in [0, 0.05) is 16.9 Å². The molecule has 0 N–H and O–H groups in total. The van der Waals surface area contributed by atoms with Crippen molar-refractivity contribution in [1.29, 1.82) is 0 Å². The molecule has 0 amide bonds. The minimum absolute atomic E-state index is 0.448. The lowest BCUT2D eigenvalue weighted by molar-refractivity contribution is 0.801. The average molecular weight is 610 g/mol. The highest BCUT2D eigenvalue weighted by atomic mass is 15.1. The maximum Gasteiger partial charge on any atom is 0.0732 e. The Morgan fingerprint density at radius 3 is 1.67 bits per heavy atom. The van der Waals surface area contributed by atoms with Gasteiger partial charge in [-0.3, -0.25) is 0 Å². The second kappa shape index (κ2) is 10.4. The summed E-state index contributed by atoms with van der Waals surface area (Å²) in [6.07, 6.45) is 0. The van der Waals surface area contributed by atoms with Gasteiger partial charge in [-0.2, -0.15) is 0 Å². The molecule has 2 aliphatic rings. The van der Waals surface area contributed by atoms with Gasteiger partial charge in [-0.15, -0.1) is 0 Å². The highest BCUT2D eigenvalue weighted by Gasteiger charge is 2.52. The molecule has 0 aliphatic heterocycles. The van der Waals surface area contributed by atoms with Crippen LogP contribution in [0.2, 0.25) is 0 Å². The maximum atomic E-state index is 2.48. The Labute approximate surface area is 281 Å². The van der Waals surface area contributed by atoms with Crippen LogP contribution in [0.15, 0.2) is 188 Å². The van der Waals surface area contributed by atoms with E-state index in [1.165, 1.54) is 66.4 Å². The predicted molar refractivity (Wildman–Crippen MR) is 200 cm³/mol. The Morgan fingerprint density at radius 1 is 0.354 bits per heavy atom. The molecule has 48 heavy (non-hydrogen) atoms. The van der Waals surface area contributed by atoms with Gasteiger partial charge in [0.25, 0.3) is 0 Å². The molecule has 10 rings (SSSR count). The summed E-state index contributed by atoms with van der Waals surface area (Å²) in [5, 5.41) is 2.59. The van der Waals surface area contributed by atoms with Gasteiger partial charge >= 0.3 is 0 Å². The van der Waals surface area contributed by atoms with Crippen LogP contribution in [0.5, 0.6) is 0 Å². The molecule has 1 spiro atoms. The number of hydrogen-bond donors (Lipinski definition) is 0. The smallest absolute Gasteiger partial charge is 0.0732 e. The number of benzene rings is 8. The van der Waals surface area contributed by atoms with E-state index in [9.17, 15) is 0 Å². The van der Waals surface area contributed by atoms with Crippen LogP contribution >= 0.6 is 0 Å². The molecule has 0 bridgehead atoms. The van der Waals surface area contributed by atoms with Crippen LogP contribution in [0.25, 0.3) is 44.2 Å². The number of anilines is 3. The van der Waals surface area contributed by atoms with E-state index < -0.39 is 5.41 Å². The average Bonchev–Trinajstić information content (AvgIpc) is 3.63. The number of hydrogen-bond acceptors (Lipinski definition) is 1. The Bertz CT molecular complexity index is 2470. The Hall–Kier alpha value is -6.18. The lowest BCUT2D eigenvalue weighted by Gasteiger charge is -2.33. The molecule has 0 saturated carbocycles. The zero-order valence-electron chi connectivity index (χ0n) is 26.3. The van der Waals surface area contributed by atoms with E-state index in [-0.39, 0.29) is 0 Å². The lowest BCUT2D eigenvalue weighted by Crippen LogP contribution is -2.26. The molecule has 224 valence electrons. The van der Waals surface area contributed by atoms with E-state index in [4.69, 9.17) is 0 Å². The van der Waals surface area contributed by atoms with Crippen molar-refractivity contribution < 1.29 is 0 Å². The third kappa shape index (κ3) is 3.67. The SMILES string of the molecule is c1ccc(-c2ccccc2N(c2ccccc2)c2ccc3c(c2)C2(c4ccccc4-c4ccccc42)c2c-3ccc3ccccc23)cc1. The molecule has 8 aromatic rings. The van der Waals surface area contributed by atoms with Crippen molar-refractivity contribution in [2.45, 2.75) is 5.41 Å². The van der Waals surface area contributed by atoms with Gasteiger partial charge in [-0.25, -0.2) is 0 Å². The molecule has 0 atom stereocenters. The first-order chi connectivity index (χ1) is 23.8. The Kier molecular flexibility index (Phi) is 5.86. The summed E-state index contributed by atoms with van der Waals surface area (Å²) >= 11 is 0. The van der Waals surface area contributed by atoms with Gasteiger partial charge in [0.05, 0.1) is 11.1 Å². The molecule has 2 aliphatic carbocycles. The Balaban J connectivity index is 1.31. The number of nitrogens with zero attached hydrogens (tertiary/aromatic N) is 1. The summed E-state index contributed by atoms with van der Waals surface area (Å²) in [5.74, 6) is 0. The topological polar surface area (TPSA) is 3.24 Å². The van der Waals surface area contributed by atoms with Crippen molar-refractivity contribution in [2.24, 2.45) is 0 Å². The quantitative estimate of drug-likeness (QED) is 0.192.